The van der Waals surface area contributed by atoms with Gasteiger partial charge in [-0.3, -0.25) is 23.7 Å². The summed E-state index contributed by atoms with van der Waals surface area (Å²) >= 11 is 2.19. The molecule has 4 heterocycles. The van der Waals surface area contributed by atoms with Crippen LogP contribution in [0.2, 0.25) is 0 Å². The van der Waals surface area contributed by atoms with E-state index in [0.29, 0.717) is 64.7 Å². The first-order chi connectivity index (χ1) is 20.4. The highest BCUT2D eigenvalue weighted by atomic mass is 32.2. The largest absolute Gasteiger partial charge is 0.497 e. The summed E-state index contributed by atoms with van der Waals surface area (Å²) in [6.07, 6.45) is 0. The number of hydrogen-bond donors (Lipinski definition) is 0. The van der Waals surface area contributed by atoms with Crippen molar-refractivity contribution in [2.45, 2.75) is 22.7 Å². The van der Waals surface area contributed by atoms with E-state index in [4.69, 9.17) is 18.9 Å². The van der Waals surface area contributed by atoms with Crippen LogP contribution >= 0.6 is 23.1 Å². The van der Waals surface area contributed by atoms with Gasteiger partial charge in [0, 0.05) is 23.9 Å². The molecule has 0 unspecified atom stereocenters. The number of aromatic nitrogens is 1. The van der Waals surface area contributed by atoms with Crippen LogP contribution in [0, 0.1) is 5.92 Å². The third-order valence-electron chi connectivity index (χ3n) is 7.80. The molecule has 3 aliphatic heterocycles. The number of benzene rings is 2. The number of carbonyl (C=O) groups is 3. The number of anilines is 1. The molecule has 6 rings (SSSR count). The van der Waals surface area contributed by atoms with Gasteiger partial charge in [0.15, 0.2) is 11.5 Å². The number of ether oxygens (including phenoxy) is 4. The first kappa shape index (κ1) is 28.3. The molecule has 0 aliphatic carbocycles. The number of rotatable bonds is 7. The van der Waals surface area contributed by atoms with E-state index < -0.39 is 17.1 Å². The quantitative estimate of drug-likeness (QED) is 0.372. The fourth-order valence-corrected chi connectivity index (χ4v) is 8.47. The molecule has 0 N–H and O–H groups in total. The van der Waals surface area contributed by atoms with Gasteiger partial charge in [0.05, 0.1) is 51.2 Å². The monoisotopic (exact) mass is 611 g/mol. The van der Waals surface area contributed by atoms with Crippen molar-refractivity contribution < 1.29 is 33.3 Å². The summed E-state index contributed by atoms with van der Waals surface area (Å²) in [6.45, 7) is 1.64. The van der Waals surface area contributed by atoms with Crippen molar-refractivity contribution in [3.05, 3.63) is 62.6 Å². The van der Waals surface area contributed by atoms with Gasteiger partial charge in [-0.05, 0) is 42.0 Å². The summed E-state index contributed by atoms with van der Waals surface area (Å²) < 4.78 is 23.0. The van der Waals surface area contributed by atoms with Crippen molar-refractivity contribution in [2.75, 3.05) is 52.5 Å². The van der Waals surface area contributed by atoms with Crippen LogP contribution in [0.1, 0.15) is 16.4 Å². The minimum atomic E-state index is -0.802. The molecule has 220 valence electrons. The van der Waals surface area contributed by atoms with Crippen molar-refractivity contribution >= 4 is 46.5 Å². The first-order valence-electron chi connectivity index (χ1n) is 13.4. The fourth-order valence-electron chi connectivity index (χ4n) is 5.69. The Kier molecular flexibility index (Phi) is 7.73. The molecule has 2 saturated heterocycles. The lowest BCUT2D eigenvalue weighted by molar-refractivity contribution is -0.136. The second-order valence-corrected chi connectivity index (χ2v) is 12.1. The smallest absolute Gasteiger partial charge is 0.308 e. The van der Waals surface area contributed by atoms with Gasteiger partial charge in [0.2, 0.25) is 17.7 Å². The van der Waals surface area contributed by atoms with Gasteiger partial charge in [-0.25, -0.2) is 4.90 Å². The first-order valence-corrected chi connectivity index (χ1v) is 15.0. The lowest BCUT2D eigenvalue weighted by Crippen LogP contribution is -2.43. The number of fused-ring (bicyclic) bond motifs is 2. The number of thiazole rings is 1. The number of morpholine rings is 1. The van der Waals surface area contributed by atoms with Gasteiger partial charge in [-0.2, -0.15) is 0 Å². The van der Waals surface area contributed by atoms with Gasteiger partial charge < -0.3 is 23.8 Å². The molecule has 3 atom stereocenters. The lowest BCUT2D eigenvalue weighted by atomic mass is 9.83. The van der Waals surface area contributed by atoms with Crippen molar-refractivity contribution in [1.82, 2.24) is 9.47 Å². The van der Waals surface area contributed by atoms with Crippen LogP contribution in [-0.2, 0) is 25.7 Å². The summed E-state index contributed by atoms with van der Waals surface area (Å²) in [4.78, 5) is 57.8. The van der Waals surface area contributed by atoms with Crippen LogP contribution in [0.25, 0.3) is 0 Å². The van der Waals surface area contributed by atoms with Crippen LogP contribution < -0.4 is 24.0 Å². The second-order valence-electron chi connectivity index (χ2n) is 9.98. The second kappa shape index (κ2) is 11.5. The van der Waals surface area contributed by atoms with Crippen LogP contribution in [0.15, 0.2) is 52.3 Å². The van der Waals surface area contributed by atoms with E-state index in [2.05, 4.69) is 0 Å². The predicted molar refractivity (Wildman–Crippen MR) is 156 cm³/mol. The van der Waals surface area contributed by atoms with E-state index in [9.17, 15) is 19.2 Å². The van der Waals surface area contributed by atoms with Crippen LogP contribution in [0.5, 0.6) is 17.2 Å². The van der Waals surface area contributed by atoms with Crippen molar-refractivity contribution in [1.29, 1.82) is 0 Å². The summed E-state index contributed by atoms with van der Waals surface area (Å²) in [5.74, 6) is -0.752. The molecule has 11 nitrogen and oxygen atoms in total. The molecule has 3 aromatic rings. The molecule has 3 amide bonds. The average molecular weight is 612 g/mol. The molecule has 42 heavy (non-hydrogen) atoms. The molecular weight excluding hydrogens is 582 g/mol. The normalized spacial score (nSPS) is 21.6. The van der Waals surface area contributed by atoms with E-state index in [-0.39, 0.29) is 29.1 Å². The van der Waals surface area contributed by atoms with Crippen molar-refractivity contribution in [3.63, 3.8) is 0 Å². The van der Waals surface area contributed by atoms with Crippen LogP contribution in [0.4, 0.5) is 5.69 Å². The average Bonchev–Trinajstić information content (AvgIpc) is 3.47. The Bertz CT molecular complexity index is 1600. The maximum Gasteiger partial charge on any atom is 0.308 e. The third-order valence-corrected chi connectivity index (χ3v) is 10.4. The molecular formula is C29H29N3O8S2. The minimum Gasteiger partial charge on any atom is -0.497 e. The topological polar surface area (TPSA) is 117 Å². The number of carbonyl (C=O) groups excluding carboxylic acids is 3. The van der Waals surface area contributed by atoms with E-state index in [1.54, 1.807) is 48.4 Å². The molecule has 0 saturated carbocycles. The number of imide groups is 1. The summed E-state index contributed by atoms with van der Waals surface area (Å²) in [5.41, 5.74) is 1.14. The summed E-state index contributed by atoms with van der Waals surface area (Å²) in [7, 11) is 4.60. The number of thioether (sulfide) groups is 1. The standard InChI is InChI=1S/C29H29N3O8S2/c1-37-18-7-5-17(6-8-18)32-26(34)23-22(16-4-9-19(38-2)20(14-16)39-3)25-28(41-24(23)27(32)35)31(29(36)42-25)15-21(33)30-10-12-40-13-11-30/h4-9,14,22-24H,10-13,15H2,1-3H3/t22-,23-,24+/m0/s1. The molecule has 0 spiro atoms. The molecule has 0 radical (unpaired) electrons. The molecule has 2 fully saturated rings. The zero-order chi connectivity index (χ0) is 29.5. The Balaban J connectivity index is 1.45. The zero-order valence-corrected chi connectivity index (χ0v) is 24.9. The Morgan fingerprint density at radius 3 is 2.31 bits per heavy atom. The molecule has 13 heteroatoms. The lowest BCUT2D eigenvalue weighted by Gasteiger charge is -2.31. The Morgan fingerprint density at radius 2 is 1.64 bits per heavy atom. The SMILES string of the molecule is COc1ccc(N2C(=O)[C@H]3[C@H](c4ccc(OC)c(OC)c4)c4sc(=O)n(CC(=O)N5CCOCC5)c4S[C@H]3C2=O)cc1. The Morgan fingerprint density at radius 1 is 0.929 bits per heavy atom. The minimum absolute atomic E-state index is 0.155. The maximum absolute atomic E-state index is 14.1. The van der Waals surface area contributed by atoms with Gasteiger partial charge in [0.25, 0.3) is 0 Å². The fraction of sp³-hybridized carbons (Fsp3) is 0.379. The number of hydrogen-bond acceptors (Lipinski definition) is 10. The van der Waals surface area contributed by atoms with Crippen LogP contribution in [0.3, 0.4) is 0 Å². The molecule has 0 bridgehead atoms. The van der Waals surface area contributed by atoms with E-state index in [0.717, 1.165) is 11.3 Å². The Hall–Kier alpha value is -3.81. The summed E-state index contributed by atoms with van der Waals surface area (Å²) in [6, 6.07) is 12.1. The third kappa shape index (κ3) is 4.74. The van der Waals surface area contributed by atoms with Gasteiger partial charge in [-0.1, -0.05) is 29.2 Å². The molecule has 1 aromatic heterocycles. The van der Waals surface area contributed by atoms with Gasteiger partial charge >= 0.3 is 4.87 Å². The van der Waals surface area contributed by atoms with Crippen LogP contribution in [-0.4, -0.2) is 80.1 Å². The number of amides is 3. The predicted octanol–water partition coefficient (Wildman–Crippen LogP) is 2.59. The van der Waals surface area contributed by atoms with Gasteiger partial charge in [0.1, 0.15) is 17.5 Å². The summed E-state index contributed by atoms with van der Waals surface area (Å²) in [5, 5.41) is -0.269. The van der Waals surface area contributed by atoms with E-state index >= 15 is 0 Å². The highest BCUT2D eigenvalue weighted by molar-refractivity contribution is 8.00. The highest BCUT2D eigenvalue weighted by Gasteiger charge is 2.57. The van der Waals surface area contributed by atoms with Gasteiger partial charge in [-0.15, -0.1) is 0 Å². The molecule has 3 aliphatic rings. The van der Waals surface area contributed by atoms with E-state index in [1.807, 2.05) is 6.07 Å². The van der Waals surface area contributed by atoms with Crippen molar-refractivity contribution in [2.24, 2.45) is 5.92 Å². The maximum atomic E-state index is 14.1. The zero-order valence-electron chi connectivity index (χ0n) is 23.2. The highest BCUT2D eigenvalue weighted by Crippen LogP contribution is 2.54. The van der Waals surface area contributed by atoms with Crippen molar-refractivity contribution in [3.8, 4) is 17.2 Å². The van der Waals surface area contributed by atoms with E-state index in [1.165, 1.54) is 35.4 Å². The number of nitrogens with zero attached hydrogens (tertiary/aromatic N) is 3. The number of methoxy groups -OCH3 is 3. The molecule has 2 aromatic carbocycles. The Labute approximate surface area is 249 Å².